The van der Waals surface area contributed by atoms with Gasteiger partial charge in [-0.05, 0) is 38.5 Å². The van der Waals surface area contributed by atoms with Crippen molar-refractivity contribution in [2.24, 2.45) is 0 Å². The van der Waals surface area contributed by atoms with Crippen LogP contribution in [-0.2, 0) is 32.7 Å². The second-order valence-corrected chi connectivity index (χ2v) is 20.5. The molecule has 0 aromatic heterocycles. The number of hydrogen-bond donors (Lipinski definition) is 6. The summed E-state index contributed by atoms with van der Waals surface area (Å²) in [5.41, 5.74) is 0. The molecule has 0 saturated heterocycles. The number of esters is 2. The number of rotatable bonds is 46. The minimum atomic E-state index is -5.12. The van der Waals surface area contributed by atoms with Crippen molar-refractivity contribution in [3.63, 3.8) is 0 Å². The van der Waals surface area contributed by atoms with Gasteiger partial charge in [0, 0.05) is 12.8 Å². The summed E-state index contributed by atoms with van der Waals surface area (Å²) in [6.07, 6.45) is 34.0. The molecular weight excluding hydrogens is 864 g/mol. The van der Waals surface area contributed by atoms with Crippen molar-refractivity contribution in [1.82, 2.24) is 0 Å². The molecule has 1 aliphatic rings. The number of phosphoric acid groups is 1. The largest absolute Gasteiger partial charge is 0.472 e. The van der Waals surface area contributed by atoms with Gasteiger partial charge in [0.25, 0.3) is 0 Å². The van der Waals surface area contributed by atoms with E-state index < -0.39 is 75.7 Å². The lowest BCUT2D eigenvalue weighted by molar-refractivity contribution is -0.220. The molecule has 0 aliphatic heterocycles. The van der Waals surface area contributed by atoms with Gasteiger partial charge in [0.05, 0.1) is 6.61 Å². The van der Waals surface area contributed by atoms with Crippen LogP contribution in [0.5, 0.6) is 0 Å². The van der Waals surface area contributed by atoms with Crippen LogP contribution >= 0.6 is 7.82 Å². The van der Waals surface area contributed by atoms with Crippen molar-refractivity contribution in [3.8, 4) is 0 Å². The Balaban J connectivity index is 2.36. The first-order chi connectivity index (χ1) is 31.9. The van der Waals surface area contributed by atoms with Gasteiger partial charge in [0.1, 0.15) is 43.2 Å². The van der Waals surface area contributed by atoms with E-state index in [2.05, 4.69) is 26.0 Å². The van der Waals surface area contributed by atoms with Gasteiger partial charge < -0.3 is 39.9 Å². The van der Waals surface area contributed by atoms with E-state index in [1.165, 1.54) is 161 Å². The standard InChI is InChI=1S/C52H99O13P/c1-3-5-7-9-11-13-15-17-19-21-23-25-27-29-31-33-35-37-39-41-46(54)64-44(43-63-66(60,61)65-52-50(58)48(56)47(55)49(57)51(52)59)42-62-45(53)40-38-36-34-32-30-28-26-24-22-20-18-16-14-12-10-8-6-4-2/h17,19,44,47-52,55-59H,3-16,18,20-43H2,1-2H3,(H,60,61)/b19-17-. The molecule has 390 valence electrons. The van der Waals surface area contributed by atoms with Crippen LogP contribution < -0.4 is 0 Å². The summed E-state index contributed by atoms with van der Waals surface area (Å²) in [5, 5.41) is 50.3. The molecule has 6 atom stereocenters. The minimum Gasteiger partial charge on any atom is -0.462 e. The summed E-state index contributed by atoms with van der Waals surface area (Å²) in [5.74, 6) is -1.09. The van der Waals surface area contributed by atoms with E-state index in [0.29, 0.717) is 12.8 Å². The highest BCUT2D eigenvalue weighted by molar-refractivity contribution is 7.47. The molecule has 0 aromatic rings. The van der Waals surface area contributed by atoms with E-state index in [1.807, 2.05) is 0 Å². The molecule has 0 bridgehead atoms. The smallest absolute Gasteiger partial charge is 0.462 e. The summed E-state index contributed by atoms with van der Waals surface area (Å²) in [7, 11) is -5.12. The quantitative estimate of drug-likeness (QED) is 0.0145. The molecule has 6 N–H and O–H groups in total. The first-order valence-electron chi connectivity index (χ1n) is 27.0. The zero-order valence-corrected chi connectivity index (χ0v) is 42.7. The van der Waals surface area contributed by atoms with E-state index in [0.717, 1.165) is 51.4 Å². The van der Waals surface area contributed by atoms with Crippen molar-refractivity contribution in [1.29, 1.82) is 0 Å². The number of carbonyl (C=O) groups is 2. The number of phosphoric ester groups is 1. The van der Waals surface area contributed by atoms with Gasteiger partial charge in [-0.15, -0.1) is 0 Å². The topological polar surface area (TPSA) is 210 Å². The molecule has 0 radical (unpaired) electrons. The summed E-state index contributed by atoms with van der Waals surface area (Å²) < 4.78 is 33.7. The Kier molecular flexibility index (Phi) is 40.3. The third-order valence-corrected chi connectivity index (χ3v) is 13.8. The zero-order chi connectivity index (χ0) is 48.5. The Hall–Kier alpha value is -1.41. The van der Waals surface area contributed by atoms with Crippen molar-refractivity contribution in [3.05, 3.63) is 12.2 Å². The predicted molar refractivity (Wildman–Crippen MR) is 263 cm³/mol. The number of aliphatic hydroxyl groups is 5. The summed E-state index contributed by atoms with van der Waals surface area (Å²) in [6.45, 7) is 3.35. The van der Waals surface area contributed by atoms with Gasteiger partial charge in [-0.3, -0.25) is 18.6 Å². The molecule has 6 unspecified atom stereocenters. The highest BCUT2D eigenvalue weighted by Gasteiger charge is 2.51. The van der Waals surface area contributed by atoms with Crippen molar-refractivity contribution >= 4 is 19.8 Å². The molecule has 0 heterocycles. The molecule has 0 aromatic carbocycles. The summed E-state index contributed by atoms with van der Waals surface area (Å²) in [4.78, 5) is 35.9. The lowest BCUT2D eigenvalue weighted by atomic mass is 9.85. The van der Waals surface area contributed by atoms with Gasteiger partial charge in [0.15, 0.2) is 6.10 Å². The second-order valence-electron chi connectivity index (χ2n) is 19.1. The Labute approximate surface area is 401 Å². The average Bonchev–Trinajstić information content (AvgIpc) is 3.30. The van der Waals surface area contributed by atoms with Crippen LogP contribution in [0.25, 0.3) is 0 Å². The van der Waals surface area contributed by atoms with Crippen LogP contribution in [0.1, 0.15) is 251 Å². The van der Waals surface area contributed by atoms with E-state index in [1.54, 1.807) is 0 Å². The number of ether oxygens (including phenoxy) is 2. The Bertz CT molecular complexity index is 1200. The third kappa shape index (κ3) is 34.0. The van der Waals surface area contributed by atoms with Gasteiger partial charge >= 0.3 is 19.8 Å². The molecule has 1 rings (SSSR count). The van der Waals surface area contributed by atoms with Crippen molar-refractivity contribution in [2.75, 3.05) is 13.2 Å². The molecule has 1 aliphatic carbocycles. The van der Waals surface area contributed by atoms with Crippen LogP contribution in [0.15, 0.2) is 12.2 Å². The van der Waals surface area contributed by atoms with Crippen LogP contribution in [0.2, 0.25) is 0 Å². The van der Waals surface area contributed by atoms with Crippen molar-refractivity contribution < 1.29 is 63.1 Å². The second kappa shape index (κ2) is 42.5. The number of unbranched alkanes of at least 4 members (excludes halogenated alkanes) is 32. The first-order valence-corrected chi connectivity index (χ1v) is 28.5. The number of carbonyl (C=O) groups excluding carboxylic acids is 2. The van der Waals surface area contributed by atoms with Gasteiger partial charge in [0.2, 0.25) is 0 Å². The van der Waals surface area contributed by atoms with Gasteiger partial charge in [-0.25, -0.2) is 4.57 Å². The van der Waals surface area contributed by atoms with Gasteiger partial charge in [-0.1, -0.05) is 212 Å². The SMILES string of the molecule is CCCCCCCC/C=C\CCCCCCCCCCCC(=O)OC(COC(=O)CCCCCCCCCCCCCCCCCCCC)COP(=O)(O)OC1C(O)C(O)C(O)C(O)C1O. The Morgan fingerprint density at radius 2 is 0.773 bits per heavy atom. The van der Waals surface area contributed by atoms with Crippen LogP contribution in [-0.4, -0.2) is 98.3 Å². The van der Waals surface area contributed by atoms with Crippen LogP contribution in [0.3, 0.4) is 0 Å². The maximum Gasteiger partial charge on any atom is 0.472 e. The lowest BCUT2D eigenvalue weighted by Gasteiger charge is -2.41. The molecule has 0 spiro atoms. The zero-order valence-electron chi connectivity index (χ0n) is 41.8. The van der Waals surface area contributed by atoms with Gasteiger partial charge in [-0.2, -0.15) is 0 Å². The fraction of sp³-hybridized carbons (Fsp3) is 0.923. The van der Waals surface area contributed by atoms with E-state index in [4.69, 9.17) is 18.5 Å². The maximum atomic E-state index is 12.9. The molecule has 1 saturated carbocycles. The fourth-order valence-corrected chi connectivity index (χ4v) is 9.49. The van der Waals surface area contributed by atoms with E-state index >= 15 is 0 Å². The molecule has 0 amide bonds. The molecule has 1 fully saturated rings. The number of hydrogen-bond acceptors (Lipinski definition) is 12. The van der Waals surface area contributed by atoms with Crippen LogP contribution in [0.4, 0.5) is 0 Å². The molecular formula is C52H99O13P. The van der Waals surface area contributed by atoms with Crippen LogP contribution in [0, 0.1) is 0 Å². The average molecular weight is 963 g/mol. The third-order valence-electron chi connectivity index (χ3n) is 12.9. The predicted octanol–water partition coefficient (Wildman–Crippen LogP) is 11.8. The monoisotopic (exact) mass is 963 g/mol. The summed E-state index contributed by atoms with van der Waals surface area (Å²) >= 11 is 0. The number of allylic oxidation sites excluding steroid dienone is 2. The fourth-order valence-electron chi connectivity index (χ4n) is 8.52. The first kappa shape index (κ1) is 62.6. The Morgan fingerprint density at radius 1 is 0.455 bits per heavy atom. The highest BCUT2D eigenvalue weighted by atomic mass is 31.2. The van der Waals surface area contributed by atoms with E-state index in [9.17, 15) is 44.6 Å². The lowest BCUT2D eigenvalue weighted by Crippen LogP contribution is -2.64. The normalized spacial score (nSPS) is 21.3. The summed E-state index contributed by atoms with van der Waals surface area (Å²) in [6, 6.07) is 0. The number of aliphatic hydroxyl groups excluding tert-OH is 5. The molecule has 14 heteroatoms. The van der Waals surface area contributed by atoms with E-state index in [-0.39, 0.29) is 12.8 Å². The maximum absolute atomic E-state index is 12.9. The minimum absolute atomic E-state index is 0.0992. The highest BCUT2D eigenvalue weighted by Crippen LogP contribution is 2.47. The molecule has 13 nitrogen and oxygen atoms in total. The van der Waals surface area contributed by atoms with Crippen molar-refractivity contribution in [2.45, 2.75) is 294 Å². The Morgan fingerprint density at radius 3 is 1.15 bits per heavy atom. The molecule has 66 heavy (non-hydrogen) atoms.